The van der Waals surface area contributed by atoms with E-state index in [0.717, 1.165) is 23.7 Å². The van der Waals surface area contributed by atoms with Crippen molar-refractivity contribution in [2.75, 3.05) is 6.61 Å². The third kappa shape index (κ3) is 3.42. The average Bonchev–Trinajstić information content (AvgIpc) is 2.52. The molecule has 2 rings (SSSR count). The maximum Gasteiger partial charge on any atom is 0.175 e. The van der Waals surface area contributed by atoms with Gasteiger partial charge in [0.15, 0.2) is 5.84 Å². The van der Waals surface area contributed by atoms with Crippen LogP contribution >= 0.6 is 0 Å². The molecule has 1 aromatic carbocycles. The summed E-state index contributed by atoms with van der Waals surface area (Å²) < 4.78 is 5.98. The second kappa shape index (κ2) is 6.92. The molecule has 1 unspecified atom stereocenters. The van der Waals surface area contributed by atoms with Crippen LogP contribution in [-0.4, -0.2) is 22.6 Å². The minimum atomic E-state index is 0.00592. The summed E-state index contributed by atoms with van der Waals surface area (Å²) in [6.45, 7) is 4.89. The van der Waals surface area contributed by atoms with Gasteiger partial charge in [-0.1, -0.05) is 37.6 Å². The predicted molar refractivity (Wildman–Crippen MR) is 83.8 cm³/mol. The molecule has 0 saturated carbocycles. The van der Waals surface area contributed by atoms with E-state index in [1.165, 1.54) is 0 Å². The van der Waals surface area contributed by atoms with Crippen LogP contribution in [0.5, 0.6) is 5.75 Å². The van der Waals surface area contributed by atoms with Gasteiger partial charge < -0.3 is 15.7 Å². The molecule has 0 amide bonds. The van der Waals surface area contributed by atoms with Gasteiger partial charge >= 0.3 is 0 Å². The fourth-order valence-corrected chi connectivity index (χ4v) is 2.31. The van der Waals surface area contributed by atoms with Gasteiger partial charge in [-0.25, -0.2) is 0 Å². The van der Waals surface area contributed by atoms with E-state index in [2.05, 4.69) is 24.0 Å². The van der Waals surface area contributed by atoms with E-state index in [0.29, 0.717) is 23.8 Å². The standard InChI is InChI=1S/C16H21N3O2/c1-3-6-11(2)10-21-15-12-7-4-5-8-14(12)18-9-13(15)16(17)19-20/h4-5,7-9,11,20H,3,6,10H2,1-2H3,(H2,17,19). The molecule has 0 bridgehead atoms. The molecule has 1 heterocycles. The van der Waals surface area contributed by atoms with Gasteiger partial charge in [0.05, 0.1) is 17.7 Å². The molecule has 0 fully saturated rings. The fraction of sp³-hybridized carbons (Fsp3) is 0.375. The van der Waals surface area contributed by atoms with Crippen LogP contribution in [0.2, 0.25) is 0 Å². The molecule has 112 valence electrons. The van der Waals surface area contributed by atoms with Crippen LogP contribution in [-0.2, 0) is 0 Å². The normalized spacial score (nSPS) is 13.3. The van der Waals surface area contributed by atoms with E-state index >= 15 is 0 Å². The Morgan fingerprint density at radius 2 is 2.19 bits per heavy atom. The molecule has 0 aliphatic heterocycles. The lowest BCUT2D eigenvalue weighted by atomic mass is 10.1. The van der Waals surface area contributed by atoms with Crippen molar-refractivity contribution >= 4 is 16.7 Å². The Kier molecular flexibility index (Phi) is 4.98. The van der Waals surface area contributed by atoms with Crippen molar-refractivity contribution in [3.8, 4) is 5.75 Å². The van der Waals surface area contributed by atoms with Crippen LogP contribution in [0.1, 0.15) is 32.3 Å². The smallest absolute Gasteiger partial charge is 0.175 e. The molecule has 3 N–H and O–H groups in total. The van der Waals surface area contributed by atoms with Crippen LogP contribution in [0.25, 0.3) is 10.9 Å². The second-order valence-electron chi connectivity index (χ2n) is 5.21. The molecule has 0 saturated heterocycles. The van der Waals surface area contributed by atoms with Gasteiger partial charge in [0.2, 0.25) is 0 Å². The number of nitrogens with zero attached hydrogens (tertiary/aromatic N) is 2. The summed E-state index contributed by atoms with van der Waals surface area (Å²) in [7, 11) is 0. The van der Waals surface area contributed by atoms with E-state index in [1.807, 2.05) is 24.3 Å². The molecule has 1 atom stereocenters. The summed E-state index contributed by atoms with van der Waals surface area (Å²) in [6, 6.07) is 7.68. The number of pyridine rings is 1. The third-order valence-electron chi connectivity index (χ3n) is 3.40. The lowest BCUT2D eigenvalue weighted by Crippen LogP contribution is -2.17. The number of aromatic nitrogens is 1. The van der Waals surface area contributed by atoms with Gasteiger partial charge in [0.1, 0.15) is 5.75 Å². The summed E-state index contributed by atoms with van der Waals surface area (Å²) in [5.74, 6) is 1.08. The quantitative estimate of drug-likeness (QED) is 0.370. The van der Waals surface area contributed by atoms with Crippen molar-refractivity contribution in [2.45, 2.75) is 26.7 Å². The topological polar surface area (TPSA) is 80.7 Å². The first-order chi connectivity index (χ1) is 10.2. The number of hydrogen-bond donors (Lipinski definition) is 2. The largest absolute Gasteiger partial charge is 0.492 e. The Hall–Kier alpha value is -2.30. The Bertz CT molecular complexity index is 640. The highest BCUT2D eigenvalue weighted by Crippen LogP contribution is 2.28. The Labute approximate surface area is 124 Å². The van der Waals surface area contributed by atoms with Crippen LogP contribution in [0.15, 0.2) is 35.6 Å². The van der Waals surface area contributed by atoms with Gasteiger partial charge in [-0.05, 0) is 24.5 Å². The highest BCUT2D eigenvalue weighted by atomic mass is 16.5. The molecule has 0 aliphatic rings. The van der Waals surface area contributed by atoms with Crippen molar-refractivity contribution in [2.24, 2.45) is 16.8 Å². The lowest BCUT2D eigenvalue weighted by Gasteiger charge is -2.16. The number of hydrogen-bond acceptors (Lipinski definition) is 4. The maximum atomic E-state index is 8.93. The molecular formula is C16H21N3O2. The third-order valence-corrected chi connectivity index (χ3v) is 3.40. The molecule has 5 heteroatoms. The van der Waals surface area contributed by atoms with Crippen molar-refractivity contribution in [3.63, 3.8) is 0 Å². The van der Waals surface area contributed by atoms with Crippen LogP contribution < -0.4 is 10.5 Å². The van der Waals surface area contributed by atoms with Crippen molar-refractivity contribution in [3.05, 3.63) is 36.0 Å². The number of rotatable bonds is 6. The molecule has 0 radical (unpaired) electrons. The molecular weight excluding hydrogens is 266 g/mol. The number of ether oxygens (including phenoxy) is 1. The Balaban J connectivity index is 2.41. The van der Waals surface area contributed by atoms with E-state index in [4.69, 9.17) is 15.7 Å². The van der Waals surface area contributed by atoms with Crippen LogP contribution in [0.3, 0.4) is 0 Å². The summed E-state index contributed by atoms with van der Waals surface area (Å²) >= 11 is 0. The minimum Gasteiger partial charge on any atom is -0.492 e. The second-order valence-corrected chi connectivity index (χ2v) is 5.21. The van der Waals surface area contributed by atoms with E-state index in [-0.39, 0.29) is 5.84 Å². The molecule has 0 spiro atoms. The SMILES string of the molecule is CCCC(C)COc1c(/C(N)=N/O)cnc2ccccc12. The summed E-state index contributed by atoms with van der Waals surface area (Å²) in [6.07, 6.45) is 3.80. The van der Waals surface area contributed by atoms with Crippen LogP contribution in [0, 0.1) is 5.92 Å². The number of nitrogens with two attached hydrogens (primary N) is 1. The highest BCUT2D eigenvalue weighted by Gasteiger charge is 2.14. The first-order valence-corrected chi connectivity index (χ1v) is 7.15. The first-order valence-electron chi connectivity index (χ1n) is 7.15. The molecule has 2 aromatic rings. The van der Waals surface area contributed by atoms with Gasteiger partial charge in [0.25, 0.3) is 0 Å². The van der Waals surface area contributed by atoms with Gasteiger partial charge in [-0.15, -0.1) is 0 Å². The zero-order chi connectivity index (χ0) is 15.2. The summed E-state index contributed by atoms with van der Waals surface area (Å²) in [5, 5.41) is 12.9. The maximum absolute atomic E-state index is 8.93. The van der Waals surface area contributed by atoms with E-state index in [9.17, 15) is 0 Å². The van der Waals surface area contributed by atoms with Crippen molar-refractivity contribution < 1.29 is 9.94 Å². The van der Waals surface area contributed by atoms with Gasteiger partial charge in [-0.3, -0.25) is 4.98 Å². The predicted octanol–water partition coefficient (Wildman–Crippen LogP) is 3.14. The van der Waals surface area contributed by atoms with Gasteiger partial charge in [-0.2, -0.15) is 0 Å². The van der Waals surface area contributed by atoms with Crippen molar-refractivity contribution in [1.82, 2.24) is 4.98 Å². The Morgan fingerprint density at radius 1 is 1.43 bits per heavy atom. The van der Waals surface area contributed by atoms with Crippen LogP contribution in [0.4, 0.5) is 0 Å². The summed E-state index contributed by atoms with van der Waals surface area (Å²) in [4.78, 5) is 4.32. The number of fused-ring (bicyclic) bond motifs is 1. The minimum absolute atomic E-state index is 0.00592. The van der Waals surface area contributed by atoms with E-state index in [1.54, 1.807) is 6.20 Å². The average molecular weight is 287 g/mol. The highest BCUT2D eigenvalue weighted by molar-refractivity contribution is 6.04. The fourth-order valence-electron chi connectivity index (χ4n) is 2.31. The number of amidine groups is 1. The molecule has 0 aliphatic carbocycles. The summed E-state index contributed by atoms with van der Waals surface area (Å²) in [5.41, 5.74) is 7.07. The lowest BCUT2D eigenvalue weighted by molar-refractivity contribution is 0.253. The zero-order valence-electron chi connectivity index (χ0n) is 12.4. The molecule has 5 nitrogen and oxygen atoms in total. The first kappa shape index (κ1) is 15.1. The van der Waals surface area contributed by atoms with Gasteiger partial charge in [0, 0.05) is 11.6 Å². The van der Waals surface area contributed by atoms with E-state index < -0.39 is 0 Å². The number of para-hydroxylation sites is 1. The number of oxime groups is 1. The Morgan fingerprint density at radius 3 is 2.90 bits per heavy atom. The monoisotopic (exact) mass is 287 g/mol. The zero-order valence-corrected chi connectivity index (χ0v) is 12.4. The molecule has 21 heavy (non-hydrogen) atoms. The van der Waals surface area contributed by atoms with Crippen molar-refractivity contribution in [1.29, 1.82) is 0 Å². The number of benzene rings is 1. The molecule has 1 aromatic heterocycles.